The molecule has 1 heterocycles. The molecule has 0 radical (unpaired) electrons. The van der Waals surface area contributed by atoms with E-state index in [1.54, 1.807) is 12.1 Å². The molecule has 6 heteroatoms. The van der Waals surface area contributed by atoms with Gasteiger partial charge in [0, 0.05) is 6.54 Å². The zero-order valence-electron chi connectivity index (χ0n) is 15.5. The van der Waals surface area contributed by atoms with E-state index >= 15 is 0 Å². The second kappa shape index (κ2) is 8.40. The number of carbonyl (C=O) groups excluding carboxylic acids is 1. The summed E-state index contributed by atoms with van der Waals surface area (Å²) in [5.74, 6) is 0.817. The molecule has 4 N–H and O–H groups in total. The van der Waals surface area contributed by atoms with Crippen LogP contribution >= 0.6 is 0 Å². The number of fused-ring (bicyclic) bond motifs is 1. The first-order valence-electron chi connectivity index (χ1n) is 8.99. The van der Waals surface area contributed by atoms with Gasteiger partial charge in [-0.25, -0.2) is 4.99 Å². The van der Waals surface area contributed by atoms with Crippen LogP contribution in [0.1, 0.15) is 41.8 Å². The molecule has 1 unspecified atom stereocenters. The molecule has 1 atom stereocenters. The van der Waals surface area contributed by atoms with Crippen LogP contribution in [0.25, 0.3) is 10.8 Å². The molecule has 3 aromatic rings. The Kier molecular flexibility index (Phi) is 5.76. The lowest BCUT2D eigenvalue weighted by molar-refractivity contribution is 0.0972. The van der Waals surface area contributed by atoms with Crippen molar-refractivity contribution in [1.82, 2.24) is 10.6 Å². The molecule has 0 aliphatic heterocycles. The number of hydrogen-bond donors (Lipinski definition) is 3. The number of hydrogen-bond acceptors (Lipinski definition) is 3. The number of primary amides is 1. The largest absolute Gasteiger partial charge is 0.454 e. The summed E-state index contributed by atoms with van der Waals surface area (Å²) in [5.41, 5.74) is 6.38. The van der Waals surface area contributed by atoms with Gasteiger partial charge in [0.2, 0.25) is 0 Å². The Bertz CT molecular complexity index is 961. The highest BCUT2D eigenvalue weighted by Crippen LogP contribution is 2.20. The number of amides is 1. The molecule has 0 fully saturated rings. The number of furan rings is 1. The van der Waals surface area contributed by atoms with Crippen molar-refractivity contribution in [3.05, 3.63) is 71.7 Å². The predicted octanol–water partition coefficient (Wildman–Crippen LogP) is 3.35. The molecule has 1 aromatic heterocycles. The third-order valence-corrected chi connectivity index (χ3v) is 4.27. The average Bonchev–Trinajstić information content (AvgIpc) is 3.15. The molecule has 1 amide bonds. The molecular formula is C21H24N4O2. The van der Waals surface area contributed by atoms with Gasteiger partial charge < -0.3 is 20.8 Å². The highest BCUT2D eigenvalue weighted by Gasteiger charge is 2.10. The molecule has 6 nitrogen and oxygen atoms in total. The van der Waals surface area contributed by atoms with Crippen molar-refractivity contribution in [1.29, 1.82) is 0 Å². The number of nitrogens with zero attached hydrogens (tertiary/aromatic N) is 1. The fourth-order valence-corrected chi connectivity index (χ4v) is 2.84. The number of benzene rings is 2. The summed E-state index contributed by atoms with van der Waals surface area (Å²) in [6.07, 6.45) is 0. The SMILES string of the molecule is CCNC(=NCc1ccc(C(N)=O)o1)NC(C)c1ccc2ccccc2c1. The van der Waals surface area contributed by atoms with E-state index in [4.69, 9.17) is 10.2 Å². The lowest BCUT2D eigenvalue weighted by Crippen LogP contribution is -2.38. The van der Waals surface area contributed by atoms with E-state index in [0.29, 0.717) is 18.3 Å². The third kappa shape index (κ3) is 4.67. The van der Waals surface area contributed by atoms with E-state index in [2.05, 4.69) is 52.9 Å². The van der Waals surface area contributed by atoms with Crippen molar-refractivity contribution < 1.29 is 9.21 Å². The molecule has 3 rings (SSSR count). The molecule has 27 heavy (non-hydrogen) atoms. The Balaban J connectivity index is 1.72. The van der Waals surface area contributed by atoms with Crippen LogP contribution in [0.15, 0.2) is 64.0 Å². The van der Waals surface area contributed by atoms with Crippen LogP contribution in [0.2, 0.25) is 0 Å². The number of nitrogens with two attached hydrogens (primary N) is 1. The number of aliphatic imine (C=N–C) groups is 1. The monoisotopic (exact) mass is 364 g/mol. The Morgan fingerprint density at radius 1 is 1.15 bits per heavy atom. The van der Waals surface area contributed by atoms with Crippen molar-refractivity contribution in [3.8, 4) is 0 Å². The van der Waals surface area contributed by atoms with Crippen LogP contribution in [0.4, 0.5) is 0 Å². The van der Waals surface area contributed by atoms with Crippen LogP contribution in [0, 0.1) is 0 Å². The summed E-state index contributed by atoms with van der Waals surface area (Å²) in [5, 5.41) is 9.06. The molecule has 2 aromatic carbocycles. The van der Waals surface area contributed by atoms with Gasteiger partial charge in [-0.05, 0) is 48.4 Å². The quantitative estimate of drug-likeness (QED) is 0.462. The van der Waals surface area contributed by atoms with Gasteiger partial charge >= 0.3 is 0 Å². The lowest BCUT2D eigenvalue weighted by Gasteiger charge is -2.18. The summed E-state index contributed by atoms with van der Waals surface area (Å²) < 4.78 is 5.37. The first kappa shape index (κ1) is 18.5. The van der Waals surface area contributed by atoms with E-state index in [9.17, 15) is 4.79 Å². The van der Waals surface area contributed by atoms with Gasteiger partial charge in [0.15, 0.2) is 11.7 Å². The van der Waals surface area contributed by atoms with Gasteiger partial charge in [-0.3, -0.25) is 4.79 Å². The maximum absolute atomic E-state index is 11.1. The van der Waals surface area contributed by atoms with E-state index in [-0.39, 0.29) is 11.8 Å². The highest BCUT2D eigenvalue weighted by molar-refractivity contribution is 5.89. The van der Waals surface area contributed by atoms with Crippen LogP contribution in [-0.4, -0.2) is 18.4 Å². The van der Waals surface area contributed by atoms with E-state index in [0.717, 1.165) is 6.54 Å². The fraction of sp³-hybridized carbons (Fsp3) is 0.238. The minimum Gasteiger partial charge on any atom is -0.454 e. The fourth-order valence-electron chi connectivity index (χ4n) is 2.84. The number of rotatable bonds is 6. The third-order valence-electron chi connectivity index (χ3n) is 4.27. The molecule has 0 aliphatic rings. The van der Waals surface area contributed by atoms with Crippen LogP contribution in [0.3, 0.4) is 0 Å². The Hall–Kier alpha value is -3.28. The van der Waals surface area contributed by atoms with Gasteiger partial charge in [-0.15, -0.1) is 0 Å². The van der Waals surface area contributed by atoms with Crippen LogP contribution < -0.4 is 16.4 Å². The molecule has 0 spiro atoms. The average molecular weight is 364 g/mol. The maximum Gasteiger partial charge on any atom is 0.284 e. The lowest BCUT2D eigenvalue weighted by atomic mass is 10.0. The molecule has 0 bridgehead atoms. The normalized spacial score (nSPS) is 12.7. The minimum absolute atomic E-state index is 0.0742. The van der Waals surface area contributed by atoms with Crippen LogP contribution in [-0.2, 0) is 6.54 Å². The summed E-state index contributed by atoms with van der Waals surface area (Å²) in [6, 6.07) is 18.1. The number of nitrogens with one attached hydrogen (secondary N) is 2. The van der Waals surface area contributed by atoms with Crippen molar-refractivity contribution in [2.24, 2.45) is 10.7 Å². The first-order valence-corrected chi connectivity index (χ1v) is 8.99. The van der Waals surface area contributed by atoms with Gasteiger partial charge in [0.1, 0.15) is 12.3 Å². The zero-order chi connectivity index (χ0) is 19.2. The molecule has 0 aliphatic carbocycles. The first-order chi connectivity index (χ1) is 13.1. The standard InChI is InChI=1S/C21H24N4O2/c1-3-23-21(24-13-18-10-11-19(27-18)20(22)26)25-14(2)16-9-8-15-6-4-5-7-17(15)12-16/h4-12,14H,3,13H2,1-2H3,(H2,22,26)(H2,23,24,25). The maximum atomic E-state index is 11.1. The molecule has 140 valence electrons. The van der Waals surface area contributed by atoms with Gasteiger partial charge in [0.05, 0.1) is 6.04 Å². The summed E-state index contributed by atoms with van der Waals surface area (Å²) in [7, 11) is 0. The second-order valence-electron chi connectivity index (χ2n) is 6.30. The van der Waals surface area contributed by atoms with Crippen molar-refractivity contribution in [2.75, 3.05) is 6.54 Å². The predicted molar refractivity (Wildman–Crippen MR) is 108 cm³/mol. The number of guanidine groups is 1. The van der Waals surface area contributed by atoms with E-state index in [1.165, 1.54) is 16.3 Å². The Labute approximate surface area is 158 Å². The van der Waals surface area contributed by atoms with Crippen molar-refractivity contribution in [3.63, 3.8) is 0 Å². The smallest absolute Gasteiger partial charge is 0.284 e. The van der Waals surface area contributed by atoms with Gasteiger partial charge in [-0.2, -0.15) is 0 Å². The Morgan fingerprint density at radius 2 is 1.93 bits per heavy atom. The summed E-state index contributed by atoms with van der Waals surface area (Å²) in [6.45, 7) is 5.15. The van der Waals surface area contributed by atoms with E-state index in [1.807, 2.05) is 19.1 Å². The molecular weight excluding hydrogens is 340 g/mol. The topological polar surface area (TPSA) is 92.6 Å². The van der Waals surface area contributed by atoms with Gasteiger partial charge in [-0.1, -0.05) is 36.4 Å². The second-order valence-corrected chi connectivity index (χ2v) is 6.30. The number of carbonyl (C=O) groups is 1. The summed E-state index contributed by atoms with van der Waals surface area (Å²) in [4.78, 5) is 15.7. The van der Waals surface area contributed by atoms with Crippen molar-refractivity contribution >= 4 is 22.6 Å². The van der Waals surface area contributed by atoms with Crippen LogP contribution in [0.5, 0.6) is 0 Å². The highest BCUT2D eigenvalue weighted by atomic mass is 16.3. The molecule has 0 saturated carbocycles. The molecule has 0 saturated heterocycles. The minimum atomic E-state index is -0.583. The Morgan fingerprint density at radius 3 is 2.63 bits per heavy atom. The van der Waals surface area contributed by atoms with Crippen molar-refractivity contribution in [2.45, 2.75) is 26.4 Å². The van der Waals surface area contributed by atoms with Gasteiger partial charge in [0.25, 0.3) is 5.91 Å². The zero-order valence-corrected chi connectivity index (χ0v) is 15.5. The van der Waals surface area contributed by atoms with E-state index < -0.39 is 5.91 Å². The summed E-state index contributed by atoms with van der Waals surface area (Å²) >= 11 is 0.